The molecular formula is C20H38. The molecule has 1 aromatic carbocycles. The molecule has 0 radical (unpaired) electrons. The van der Waals surface area contributed by atoms with E-state index in [-0.39, 0.29) is 0 Å². The minimum atomic E-state index is 0.955. The Morgan fingerprint density at radius 1 is 0.850 bits per heavy atom. The fourth-order valence-corrected chi connectivity index (χ4v) is 1.84. The molecule has 0 aliphatic carbocycles. The number of aryl methyl sites for hydroxylation is 1. The van der Waals surface area contributed by atoms with Crippen LogP contribution in [-0.2, 0) is 6.42 Å². The summed E-state index contributed by atoms with van der Waals surface area (Å²) in [5.74, 6) is 0.955. The minimum absolute atomic E-state index is 0.955. The third-order valence-electron chi connectivity index (χ3n) is 3.50. The lowest BCUT2D eigenvalue weighted by atomic mass is 10.0. The fourth-order valence-electron chi connectivity index (χ4n) is 1.84. The van der Waals surface area contributed by atoms with E-state index in [0.29, 0.717) is 0 Å². The Bertz CT molecular complexity index is 250. The molecule has 1 rings (SSSR count). The van der Waals surface area contributed by atoms with Crippen molar-refractivity contribution >= 4 is 0 Å². The van der Waals surface area contributed by atoms with Crippen molar-refractivity contribution in [2.24, 2.45) is 5.92 Å². The van der Waals surface area contributed by atoms with Crippen molar-refractivity contribution < 1.29 is 0 Å². The van der Waals surface area contributed by atoms with Gasteiger partial charge >= 0.3 is 0 Å². The van der Waals surface area contributed by atoms with Gasteiger partial charge in [0, 0.05) is 0 Å². The van der Waals surface area contributed by atoms with Crippen LogP contribution in [0.5, 0.6) is 0 Å². The van der Waals surface area contributed by atoms with Crippen molar-refractivity contribution in [3.8, 4) is 0 Å². The second-order valence-corrected chi connectivity index (χ2v) is 5.20. The van der Waals surface area contributed by atoms with Crippen LogP contribution >= 0.6 is 0 Å². The molecule has 20 heavy (non-hydrogen) atoms. The molecule has 1 aromatic rings. The molecule has 0 bridgehead atoms. The van der Waals surface area contributed by atoms with E-state index >= 15 is 0 Å². The van der Waals surface area contributed by atoms with Crippen LogP contribution in [0.25, 0.3) is 0 Å². The highest BCUT2D eigenvalue weighted by atomic mass is 14.0. The van der Waals surface area contributed by atoms with E-state index in [1.807, 2.05) is 19.9 Å². The van der Waals surface area contributed by atoms with Gasteiger partial charge in [0.15, 0.2) is 0 Å². The van der Waals surface area contributed by atoms with Crippen molar-refractivity contribution in [3.63, 3.8) is 0 Å². The Balaban J connectivity index is 0. The zero-order chi connectivity index (χ0) is 15.6. The van der Waals surface area contributed by atoms with E-state index < -0.39 is 0 Å². The summed E-state index contributed by atoms with van der Waals surface area (Å²) in [5, 5.41) is 0. The minimum Gasteiger partial charge on any atom is -0.0683 e. The van der Waals surface area contributed by atoms with Gasteiger partial charge in [-0.05, 0) is 17.9 Å². The average Bonchev–Trinajstić information content (AvgIpc) is 2.54. The summed E-state index contributed by atoms with van der Waals surface area (Å²) in [6, 6.07) is 10.5. The first kappa shape index (κ1) is 21.5. The fraction of sp³-hybridized carbons (Fsp3) is 0.700. The molecule has 0 fully saturated rings. The van der Waals surface area contributed by atoms with Gasteiger partial charge in [0.2, 0.25) is 0 Å². The maximum absolute atomic E-state index is 2.35. The van der Waals surface area contributed by atoms with Gasteiger partial charge in [-0.15, -0.1) is 0 Å². The lowest BCUT2D eigenvalue weighted by Gasteiger charge is -2.06. The predicted octanol–water partition coefficient (Wildman–Crippen LogP) is 7.28. The monoisotopic (exact) mass is 278 g/mol. The van der Waals surface area contributed by atoms with E-state index in [4.69, 9.17) is 0 Å². The summed E-state index contributed by atoms with van der Waals surface area (Å²) in [5.41, 5.74) is 1.41. The van der Waals surface area contributed by atoms with Crippen LogP contribution in [0.2, 0.25) is 0 Å². The molecule has 0 aromatic heterocycles. The zero-order valence-electron chi connectivity index (χ0n) is 14.9. The normalized spacial score (nSPS) is 10.7. The van der Waals surface area contributed by atoms with Gasteiger partial charge in [-0.25, -0.2) is 0 Å². The molecule has 0 N–H and O–H groups in total. The predicted molar refractivity (Wildman–Crippen MR) is 95.4 cm³/mol. The molecule has 0 nitrogen and oxygen atoms in total. The molecule has 1 unspecified atom stereocenters. The third kappa shape index (κ3) is 15.3. The highest BCUT2D eigenvalue weighted by molar-refractivity contribution is 5.13. The molecule has 0 saturated heterocycles. The molecule has 0 heteroatoms. The van der Waals surface area contributed by atoms with Crippen LogP contribution in [0.4, 0.5) is 0 Å². The maximum atomic E-state index is 2.35. The highest BCUT2D eigenvalue weighted by Crippen LogP contribution is 2.12. The Morgan fingerprint density at radius 3 is 1.85 bits per heavy atom. The second-order valence-electron chi connectivity index (χ2n) is 5.20. The van der Waals surface area contributed by atoms with E-state index in [1.165, 1.54) is 44.1 Å². The third-order valence-corrected chi connectivity index (χ3v) is 3.50. The van der Waals surface area contributed by atoms with Gasteiger partial charge in [0.1, 0.15) is 0 Å². The van der Waals surface area contributed by atoms with E-state index in [9.17, 15) is 0 Å². The summed E-state index contributed by atoms with van der Waals surface area (Å²) in [4.78, 5) is 0. The maximum Gasteiger partial charge on any atom is -0.0307 e. The molecule has 0 spiro atoms. The van der Waals surface area contributed by atoms with E-state index in [2.05, 4.69) is 52.0 Å². The molecular weight excluding hydrogens is 240 g/mol. The summed E-state index contributed by atoms with van der Waals surface area (Å²) in [7, 11) is 0. The van der Waals surface area contributed by atoms with E-state index in [1.54, 1.807) is 0 Å². The lowest BCUT2D eigenvalue weighted by Crippen LogP contribution is -1.91. The lowest BCUT2D eigenvalue weighted by molar-refractivity contribution is 0.477. The molecule has 0 saturated carbocycles. The van der Waals surface area contributed by atoms with Crippen LogP contribution in [-0.4, -0.2) is 0 Å². The smallest absolute Gasteiger partial charge is 0.0307 e. The number of benzene rings is 1. The Morgan fingerprint density at radius 2 is 1.45 bits per heavy atom. The van der Waals surface area contributed by atoms with Crippen molar-refractivity contribution in [2.45, 2.75) is 86.5 Å². The number of rotatable bonds is 7. The summed E-state index contributed by atoms with van der Waals surface area (Å²) >= 11 is 0. The van der Waals surface area contributed by atoms with Gasteiger partial charge in [-0.2, -0.15) is 0 Å². The van der Waals surface area contributed by atoms with Crippen LogP contribution < -0.4 is 0 Å². The van der Waals surface area contributed by atoms with Crippen molar-refractivity contribution in [1.82, 2.24) is 0 Å². The van der Waals surface area contributed by atoms with Crippen molar-refractivity contribution in [1.29, 1.82) is 0 Å². The topological polar surface area (TPSA) is 0 Å². The molecule has 0 aliphatic heterocycles. The molecule has 118 valence electrons. The molecule has 0 heterocycles. The van der Waals surface area contributed by atoms with Crippen LogP contribution in [0.1, 0.15) is 85.6 Å². The quantitative estimate of drug-likeness (QED) is 0.460. The molecule has 1 atom stereocenters. The van der Waals surface area contributed by atoms with Gasteiger partial charge in [-0.3, -0.25) is 0 Å². The van der Waals surface area contributed by atoms with Crippen LogP contribution in [0, 0.1) is 5.92 Å². The number of unbranched alkanes of at least 4 members (excludes halogenated alkanes) is 3. The Labute approximate surface area is 129 Å². The van der Waals surface area contributed by atoms with Crippen LogP contribution in [0.15, 0.2) is 30.3 Å². The van der Waals surface area contributed by atoms with Gasteiger partial charge in [0.05, 0.1) is 0 Å². The van der Waals surface area contributed by atoms with E-state index in [0.717, 1.165) is 12.3 Å². The first-order chi connectivity index (χ1) is 9.74. The number of hydrogen-bond acceptors (Lipinski definition) is 0. The second kappa shape index (κ2) is 18.2. The SMILES string of the molecule is CC.CCCCCCC(C)CC.CCc1ccccc1. The van der Waals surface area contributed by atoms with Crippen molar-refractivity contribution in [3.05, 3.63) is 35.9 Å². The van der Waals surface area contributed by atoms with Crippen LogP contribution in [0.3, 0.4) is 0 Å². The zero-order valence-corrected chi connectivity index (χ0v) is 14.9. The average molecular weight is 279 g/mol. The Kier molecular flexibility index (Phi) is 19.6. The summed E-state index contributed by atoms with van der Waals surface area (Å²) in [6.07, 6.45) is 9.62. The summed E-state index contributed by atoms with van der Waals surface area (Å²) < 4.78 is 0. The largest absolute Gasteiger partial charge is 0.0683 e. The van der Waals surface area contributed by atoms with Gasteiger partial charge < -0.3 is 0 Å². The number of hydrogen-bond donors (Lipinski definition) is 0. The molecule has 0 amide bonds. The van der Waals surface area contributed by atoms with Gasteiger partial charge in [-0.1, -0.05) is 110 Å². The first-order valence-electron chi connectivity index (χ1n) is 8.78. The van der Waals surface area contributed by atoms with Crippen molar-refractivity contribution in [2.75, 3.05) is 0 Å². The Hall–Kier alpha value is -0.780. The molecule has 0 aliphatic rings. The highest BCUT2D eigenvalue weighted by Gasteiger charge is 1.96. The first-order valence-corrected chi connectivity index (χ1v) is 8.78. The summed E-state index contributed by atoms with van der Waals surface area (Å²) in [6.45, 7) is 13.1. The standard InChI is InChI=1S/C10H22.C8H10.C2H6/c1-4-6-7-8-9-10(3)5-2;1-2-8-6-4-3-5-7-8;1-2/h10H,4-9H2,1-3H3;3-7H,2H2,1H3;1-2H3. The van der Waals surface area contributed by atoms with Gasteiger partial charge in [0.25, 0.3) is 0 Å².